The molecule has 2 aromatic carbocycles. The van der Waals surface area contributed by atoms with Gasteiger partial charge in [-0.25, -0.2) is 9.37 Å². The molecule has 0 spiro atoms. The van der Waals surface area contributed by atoms with E-state index in [9.17, 15) is 9.18 Å². The summed E-state index contributed by atoms with van der Waals surface area (Å²) in [5.41, 5.74) is 2.93. The lowest BCUT2D eigenvalue weighted by Gasteiger charge is -2.10. The molecular formula is C20H16FN5O. The number of carbonyl (C=O) groups is 1. The number of hydrogen-bond acceptors (Lipinski definition) is 4. The number of aromatic nitrogens is 4. The summed E-state index contributed by atoms with van der Waals surface area (Å²) in [5, 5.41) is 10.4. The molecule has 7 heteroatoms. The van der Waals surface area contributed by atoms with Crippen LogP contribution in [0.15, 0.2) is 48.5 Å². The van der Waals surface area contributed by atoms with Gasteiger partial charge in [-0.05, 0) is 44.2 Å². The van der Waals surface area contributed by atoms with Crippen LogP contribution in [0.2, 0.25) is 0 Å². The Kier molecular flexibility index (Phi) is 4.12. The van der Waals surface area contributed by atoms with Crippen molar-refractivity contribution in [1.29, 1.82) is 0 Å². The number of pyridine rings is 1. The van der Waals surface area contributed by atoms with Crippen LogP contribution in [-0.2, 0) is 0 Å². The topological polar surface area (TPSA) is 83.6 Å². The third kappa shape index (κ3) is 3.39. The molecule has 2 N–H and O–H groups in total. The highest BCUT2D eigenvalue weighted by molar-refractivity contribution is 6.12. The molecule has 4 aromatic rings. The molecule has 0 aliphatic carbocycles. The average molecular weight is 361 g/mol. The van der Waals surface area contributed by atoms with E-state index in [1.165, 1.54) is 12.1 Å². The predicted molar refractivity (Wildman–Crippen MR) is 101 cm³/mol. The van der Waals surface area contributed by atoms with E-state index in [-0.39, 0.29) is 11.7 Å². The van der Waals surface area contributed by atoms with Crippen molar-refractivity contribution in [2.24, 2.45) is 0 Å². The standard InChI is InChI=1S/C20H16FN5O/c1-11-8-17(16-7-6-14(21)10-18(16)22-11)20(27)24-15-5-3-4-13(9-15)19-23-12(2)25-26-19/h3-10H,1-2H3,(H,24,27)(H,23,25,26). The zero-order valence-electron chi connectivity index (χ0n) is 14.7. The van der Waals surface area contributed by atoms with E-state index in [4.69, 9.17) is 0 Å². The van der Waals surface area contributed by atoms with Gasteiger partial charge in [0.2, 0.25) is 0 Å². The third-order valence-corrected chi connectivity index (χ3v) is 4.12. The summed E-state index contributed by atoms with van der Waals surface area (Å²) in [5.74, 6) is 0.594. The monoisotopic (exact) mass is 361 g/mol. The normalized spacial score (nSPS) is 10.9. The Morgan fingerprint density at radius 3 is 2.70 bits per heavy atom. The van der Waals surface area contributed by atoms with Crippen molar-refractivity contribution in [3.8, 4) is 11.4 Å². The smallest absolute Gasteiger partial charge is 0.256 e. The molecule has 6 nitrogen and oxygen atoms in total. The highest BCUT2D eigenvalue weighted by Gasteiger charge is 2.14. The molecule has 0 aliphatic heterocycles. The highest BCUT2D eigenvalue weighted by Crippen LogP contribution is 2.23. The fourth-order valence-corrected chi connectivity index (χ4v) is 2.93. The minimum absolute atomic E-state index is 0.291. The molecule has 1 amide bonds. The highest BCUT2D eigenvalue weighted by atomic mass is 19.1. The number of amides is 1. The van der Waals surface area contributed by atoms with Crippen LogP contribution >= 0.6 is 0 Å². The Labute approximate surface area is 154 Å². The second-order valence-electron chi connectivity index (χ2n) is 6.25. The fraction of sp³-hybridized carbons (Fsp3) is 0.100. The van der Waals surface area contributed by atoms with Crippen LogP contribution in [0.25, 0.3) is 22.3 Å². The van der Waals surface area contributed by atoms with Gasteiger partial charge in [0, 0.05) is 28.4 Å². The van der Waals surface area contributed by atoms with Crippen LogP contribution in [0, 0.1) is 19.7 Å². The van der Waals surface area contributed by atoms with E-state index < -0.39 is 0 Å². The fourth-order valence-electron chi connectivity index (χ4n) is 2.93. The van der Waals surface area contributed by atoms with Gasteiger partial charge in [0.1, 0.15) is 11.6 Å². The zero-order valence-corrected chi connectivity index (χ0v) is 14.7. The SMILES string of the molecule is Cc1cc(C(=O)Nc2cccc(-c3n[nH]c(C)n3)c2)c2ccc(F)cc2n1. The van der Waals surface area contributed by atoms with Gasteiger partial charge in [0.05, 0.1) is 11.1 Å². The molecule has 4 rings (SSSR count). The summed E-state index contributed by atoms with van der Waals surface area (Å²) in [6.45, 7) is 3.59. The van der Waals surface area contributed by atoms with Crippen LogP contribution in [0.1, 0.15) is 21.9 Å². The second kappa shape index (κ2) is 6.60. The van der Waals surface area contributed by atoms with Gasteiger partial charge in [-0.15, -0.1) is 0 Å². The number of benzene rings is 2. The summed E-state index contributed by atoms with van der Waals surface area (Å²) in [7, 11) is 0. The molecule has 0 aliphatic rings. The van der Waals surface area contributed by atoms with Crippen molar-refractivity contribution in [2.75, 3.05) is 5.32 Å². The lowest BCUT2D eigenvalue weighted by atomic mass is 10.1. The summed E-state index contributed by atoms with van der Waals surface area (Å²) in [4.78, 5) is 21.4. The average Bonchev–Trinajstić information content (AvgIpc) is 3.07. The zero-order chi connectivity index (χ0) is 19.0. The van der Waals surface area contributed by atoms with Gasteiger partial charge >= 0.3 is 0 Å². The molecule has 2 heterocycles. The third-order valence-electron chi connectivity index (χ3n) is 4.12. The Bertz CT molecular complexity index is 1160. The quantitative estimate of drug-likeness (QED) is 0.577. The summed E-state index contributed by atoms with van der Waals surface area (Å²) < 4.78 is 13.5. The largest absolute Gasteiger partial charge is 0.322 e. The van der Waals surface area contributed by atoms with E-state index in [0.717, 1.165) is 5.56 Å². The molecule has 2 aromatic heterocycles. The number of fused-ring (bicyclic) bond motifs is 1. The Balaban J connectivity index is 1.68. The number of aromatic amines is 1. The maximum atomic E-state index is 13.5. The summed E-state index contributed by atoms with van der Waals surface area (Å²) in [6.07, 6.45) is 0. The minimum Gasteiger partial charge on any atom is -0.322 e. The number of hydrogen-bond donors (Lipinski definition) is 2. The number of rotatable bonds is 3. The Morgan fingerprint density at radius 1 is 1.07 bits per heavy atom. The van der Waals surface area contributed by atoms with Gasteiger partial charge in [0.15, 0.2) is 5.82 Å². The van der Waals surface area contributed by atoms with Gasteiger partial charge in [-0.1, -0.05) is 12.1 Å². The molecule has 0 atom stereocenters. The second-order valence-corrected chi connectivity index (χ2v) is 6.25. The van der Waals surface area contributed by atoms with Crippen LogP contribution in [0.3, 0.4) is 0 Å². The first-order valence-electron chi connectivity index (χ1n) is 8.37. The summed E-state index contributed by atoms with van der Waals surface area (Å²) in [6, 6.07) is 13.2. The number of nitrogens with one attached hydrogen (secondary N) is 2. The number of nitrogens with zero attached hydrogens (tertiary/aromatic N) is 3. The van der Waals surface area contributed by atoms with Gasteiger partial charge < -0.3 is 5.32 Å². The van der Waals surface area contributed by atoms with Crippen molar-refractivity contribution in [3.63, 3.8) is 0 Å². The first-order valence-corrected chi connectivity index (χ1v) is 8.37. The van der Waals surface area contributed by atoms with Gasteiger partial charge in [-0.3, -0.25) is 14.9 Å². The number of H-pyrrole nitrogens is 1. The lowest BCUT2D eigenvalue weighted by molar-refractivity contribution is 0.102. The van der Waals surface area contributed by atoms with Crippen molar-refractivity contribution in [2.45, 2.75) is 13.8 Å². The van der Waals surface area contributed by atoms with Crippen LogP contribution in [0.5, 0.6) is 0 Å². The van der Waals surface area contributed by atoms with Gasteiger partial charge in [0.25, 0.3) is 5.91 Å². The number of aryl methyl sites for hydroxylation is 2. The van der Waals surface area contributed by atoms with Gasteiger partial charge in [-0.2, -0.15) is 5.10 Å². The van der Waals surface area contributed by atoms with Crippen molar-refractivity contribution in [3.05, 3.63) is 71.4 Å². The Morgan fingerprint density at radius 2 is 1.93 bits per heavy atom. The van der Waals surface area contributed by atoms with Crippen molar-refractivity contribution < 1.29 is 9.18 Å². The van der Waals surface area contributed by atoms with Crippen molar-refractivity contribution in [1.82, 2.24) is 20.2 Å². The molecule has 0 fully saturated rings. The number of halogens is 1. The number of carbonyl (C=O) groups excluding carboxylic acids is 1. The van der Waals surface area contributed by atoms with Crippen molar-refractivity contribution >= 4 is 22.5 Å². The number of anilines is 1. The van der Waals surface area contributed by atoms with E-state index in [1.54, 1.807) is 31.2 Å². The maximum absolute atomic E-state index is 13.5. The van der Waals surface area contributed by atoms with Crippen LogP contribution in [-0.4, -0.2) is 26.1 Å². The van der Waals surface area contributed by atoms with E-state index in [2.05, 4.69) is 25.5 Å². The summed E-state index contributed by atoms with van der Waals surface area (Å²) >= 11 is 0. The molecule has 0 unspecified atom stereocenters. The molecular weight excluding hydrogens is 345 g/mol. The lowest BCUT2D eigenvalue weighted by Crippen LogP contribution is -2.13. The van der Waals surface area contributed by atoms with E-state index >= 15 is 0 Å². The molecule has 0 radical (unpaired) electrons. The molecule has 27 heavy (non-hydrogen) atoms. The molecule has 0 bridgehead atoms. The van der Waals surface area contributed by atoms with E-state index in [1.807, 2.05) is 19.1 Å². The first-order chi connectivity index (χ1) is 13.0. The molecule has 134 valence electrons. The predicted octanol–water partition coefficient (Wildman–Crippen LogP) is 4.03. The first kappa shape index (κ1) is 16.8. The maximum Gasteiger partial charge on any atom is 0.256 e. The Hall–Kier alpha value is -3.61. The molecule has 0 saturated carbocycles. The minimum atomic E-state index is -0.388. The van der Waals surface area contributed by atoms with Crippen LogP contribution in [0.4, 0.5) is 10.1 Å². The van der Waals surface area contributed by atoms with E-state index in [0.29, 0.717) is 39.5 Å². The van der Waals surface area contributed by atoms with Crippen LogP contribution < -0.4 is 5.32 Å². The molecule has 0 saturated heterocycles.